The average molecular weight is 346 g/mol. The summed E-state index contributed by atoms with van der Waals surface area (Å²) >= 11 is 7.70. The van der Waals surface area contributed by atoms with Crippen molar-refractivity contribution >= 4 is 22.9 Å². The fourth-order valence-corrected chi connectivity index (χ4v) is 3.42. The topological polar surface area (TPSA) is 42.2 Å². The number of aromatic nitrogens is 2. The van der Waals surface area contributed by atoms with Gasteiger partial charge >= 0.3 is 0 Å². The lowest BCUT2D eigenvalue weighted by atomic mass is 10.2. The van der Waals surface area contributed by atoms with Gasteiger partial charge in [-0.15, -0.1) is 11.3 Å². The van der Waals surface area contributed by atoms with Crippen LogP contribution in [0.4, 0.5) is 0 Å². The van der Waals surface area contributed by atoms with E-state index in [-0.39, 0.29) is 0 Å². The second-order valence-electron chi connectivity index (χ2n) is 5.73. The molecule has 0 bridgehead atoms. The summed E-state index contributed by atoms with van der Waals surface area (Å²) in [7, 11) is 0. The molecule has 2 heterocycles. The Bertz CT molecular complexity index is 766. The lowest BCUT2D eigenvalue weighted by Crippen LogP contribution is -2.24. The van der Waals surface area contributed by atoms with Gasteiger partial charge in [-0.2, -0.15) is 4.98 Å². The van der Waals surface area contributed by atoms with Crippen LogP contribution in [-0.4, -0.2) is 21.1 Å². The van der Waals surface area contributed by atoms with Crippen molar-refractivity contribution in [3.8, 4) is 11.4 Å². The molecule has 2 aromatic heterocycles. The van der Waals surface area contributed by atoms with Crippen molar-refractivity contribution in [1.29, 1.82) is 0 Å². The van der Waals surface area contributed by atoms with E-state index >= 15 is 0 Å². The van der Waals surface area contributed by atoms with E-state index in [4.69, 9.17) is 16.1 Å². The highest BCUT2D eigenvalue weighted by Gasteiger charge is 2.30. The van der Waals surface area contributed by atoms with Crippen molar-refractivity contribution in [2.24, 2.45) is 0 Å². The van der Waals surface area contributed by atoms with Gasteiger partial charge in [-0.3, -0.25) is 4.90 Å². The first-order chi connectivity index (χ1) is 11.3. The number of halogens is 1. The molecule has 0 atom stereocenters. The molecule has 1 aliphatic rings. The van der Waals surface area contributed by atoms with Crippen LogP contribution in [0.15, 0.2) is 46.3 Å². The van der Waals surface area contributed by atoms with Crippen LogP contribution in [0.5, 0.6) is 0 Å². The second-order valence-corrected chi connectivity index (χ2v) is 7.20. The molecule has 1 aliphatic carbocycles. The first kappa shape index (κ1) is 14.9. The second kappa shape index (κ2) is 6.43. The molecule has 4 nitrogen and oxygen atoms in total. The molecule has 1 fully saturated rings. The summed E-state index contributed by atoms with van der Waals surface area (Å²) in [6, 6.07) is 12.4. The van der Waals surface area contributed by atoms with Crippen LogP contribution in [0, 0.1) is 0 Å². The Morgan fingerprint density at radius 1 is 1.17 bits per heavy atom. The number of benzene rings is 1. The Kier molecular flexibility index (Phi) is 4.16. The molecule has 0 radical (unpaired) electrons. The minimum Gasteiger partial charge on any atom is -0.338 e. The molecule has 0 N–H and O–H groups in total. The standard InChI is InChI=1S/C17H16ClN3OS/c18-13-5-3-12(4-6-13)17-19-16(22-20-17)11-21(14-7-8-14)10-15-2-1-9-23-15/h1-6,9,14H,7-8,10-11H2. The smallest absolute Gasteiger partial charge is 0.241 e. The van der Waals surface area contributed by atoms with E-state index in [9.17, 15) is 0 Å². The fraction of sp³-hybridized carbons (Fsp3) is 0.294. The number of hydrogen-bond acceptors (Lipinski definition) is 5. The van der Waals surface area contributed by atoms with Crippen LogP contribution in [0.25, 0.3) is 11.4 Å². The molecular formula is C17H16ClN3OS. The van der Waals surface area contributed by atoms with Crippen molar-refractivity contribution in [2.45, 2.75) is 32.0 Å². The van der Waals surface area contributed by atoms with Crippen LogP contribution in [-0.2, 0) is 13.1 Å². The van der Waals surface area contributed by atoms with Gasteiger partial charge in [0, 0.05) is 28.0 Å². The molecule has 0 spiro atoms. The Morgan fingerprint density at radius 2 is 2.00 bits per heavy atom. The Balaban J connectivity index is 1.48. The summed E-state index contributed by atoms with van der Waals surface area (Å²) < 4.78 is 5.44. The third-order valence-corrected chi connectivity index (χ3v) is 5.02. The SMILES string of the molecule is Clc1ccc(-c2noc(CN(Cc3cccs3)C3CC3)n2)cc1. The van der Waals surface area contributed by atoms with Crippen LogP contribution in [0.3, 0.4) is 0 Å². The maximum atomic E-state index is 5.91. The number of rotatable bonds is 6. The fourth-order valence-electron chi connectivity index (χ4n) is 2.57. The van der Waals surface area contributed by atoms with Gasteiger partial charge in [0.2, 0.25) is 11.7 Å². The van der Waals surface area contributed by atoms with Gasteiger partial charge in [-0.1, -0.05) is 22.8 Å². The van der Waals surface area contributed by atoms with E-state index < -0.39 is 0 Å². The van der Waals surface area contributed by atoms with Crippen LogP contribution < -0.4 is 0 Å². The molecule has 0 unspecified atom stereocenters. The Morgan fingerprint density at radius 3 is 2.70 bits per heavy atom. The van der Waals surface area contributed by atoms with Gasteiger partial charge in [-0.25, -0.2) is 0 Å². The van der Waals surface area contributed by atoms with Crippen molar-refractivity contribution in [2.75, 3.05) is 0 Å². The molecule has 4 rings (SSSR count). The van der Waals surface area contributed by atoms with E-state index in [1.807, 2.05) is 24.3 Å². The monoisotopic (exact) mass is 345 g/mol. The highest BCUT2D eigenvalue weighted by molar-refractivity contribution is 7.09. The third kappa shape index (κ3) is 3.63. The maximum Gasteiger partial charge on any atom is 0.241 e. The van der Waals surface area contributed by atoms with Crippen molar-refractivity contribution < 1.29 is 4.52 Å². The summed E-state index contributed by atoms with van der Waals surface area (Å²) in [6.07, 6.45) is 2.51. The van der Waals surface area contributed by atoms with Gasteiger partial charge in [0.1, 0.15) is 0 Å². The highest BCUT2D eigenvalue weighted by atomic mass is 35.5. The zero-order chi connectivity index (χ0) is 15.6. The van der Waals surface area contributed by atoms with Gasteiger partial charge in [0.25, 0.3) is 0 Å². The van der Waals surface area contributed by atoms with Crippen molar-refractivity contribution in [1.82, 2.24) is 15.0 Å². The minimum absolute atomic E-state index is 0.614. The van der Waals surface area contributed by atoms with Gasteiger partial charge in [0.05, 0.1) is 6.54 Å². The summed E-state index contributed by atoms with van der Waals surface area (Å²) in [6.45, 7) is 1.64. The first-order valence-electron chi connectivity index (χ1n) is 7.63. The van der Waals surface area contributed by atoms with E-state index in [1.165, 1.54) is 17.7 Å². The Labute approximate surface area is 143 Å². The molecule has 3 aromatic rings. The number of nitrogens with zero attached hydrogens (tertiary/aromatic N) is 3. The van der Waals surface area contributed by atoms with Crippen molar-refractivity contribution in [3.05, 3.63) is 57.6 Å². The van der Waals surface area contributed by atoms with Gasteiger partial charge < -0.3 is 4.52 Å². The molecule has 1 aromatic carbocycles. The molecule has 23 heavy (non-hydrogen) atoms. The van der Waals surface area contributed by atoms with E-state index in [1.54, 1.807) is 11.3 Å². The first-order valence-corrected chi connectivity index (χ1v) is 8.88. The van der Waals surface area contributed by atoms with Crippen molar-refractivity contribution in [3.63, 3.8) is 0 Å². The molecule has 0 aliphatic heterocycles. The molecule has 1 saturated carbocycles. The summed E-state index contributed by atoms with van der Waals surface area (Å²) in [5.74, 6) is 1.28. The molecule has 0 amide bonds. The Hall–Kier alpha value is -1.69. The number of thiophene rings is 1. The molecule has 118 valence electrons. The largest absolute Gasteiger partial charge is 0.338 e. The van der Waals surface area contributed by atoms with E-state index in [0.29, 0.717) is 29.3 Å². The zero-order valence-electron chi connectivity index (χ0n) is 12.5. The van der Waals surface area contributed by atoms with Gasteiger partial charge in [-0.05, 0) is 48.6 Å². The molecule has 6 heteroatoms. The molecule has 0 saturated heterocycles. The zero-order valence-corrected chi connectivity index (χ0v) is 14.1. The third-order valence-electron chi connectivity index (χ3n) is 3.91. The van der Waals surface area contributed by atoms with E-state index in [0.717, 1.165) is 12.1 Å². The lowest BCUT2D eigenvalue weighted by molar-refractivity contribution is 0.211. The maximum absolute atomic E-state index is 5.91. The van der Waals surface area contributed by atoms with E-state index in [2.05, 4.69) is 32.6 Å². The summed E-state index contributed by atoms with van der Waals surface area (Å²) in [4.78, 5) is 8.32. The summed E-state index contributed by atoms with van der Waals surface area (Å²) in [5.41, 5.74) is 0.917. The quantitative estimate of drug-likeness (QED) is 0.654. The average Bonchev–Trinajstić information content (AvgIpc) is 3.08. The normalized spacial score (nSPS) is 14.5. The lowest BCUT2D eigenvalue weighted by Gasteiger charge is -2.18. The predicted octanol–water partition coefficient (Wildman–Crippen LogP) is 4.62. The van der Waals surface area contributed by atoms with Crippen LogP contribution >= 0.6 is 22.9 Å². The molecular weight excluding hydrogens is 330 g/mol. The van der Waals surface area contributed by atoms with Crippen LogP contribution in [0.1, 0.15) is 23.6 Å². The summed E-state index contributed by atoms with van der Waals surface area (Å²) in [5, 5.41) is 6.91. The minimum atomic E-state index is 0.614. The predicted molar refractivity (Wildman–Crippen MR) is 91.3 cm³/mol. The van der Waals surface area contributed by atoms with Gasteiger partial charge in [0.15, 0.2) is 0 Å². The highest BCUT2D eigenvalue weighted by Crippen LogP contribution is 2.30. The number of hydrogen-bond donors (Lipinski definition) is 0. The van der Waals surface area contributed by atoms with Crippen LogP contribution in [0.2, 0.25) is 5.02 Å².